The lowest BCUT2D eigenvalue weighted by molar-refractivity contribution is -0.122. The fourth-order valence-corrected chi connectivity index (χ4v) is 5.24. The predicted octanol–water partition coefficient (Wildman–Crippen LogP) is 4.48. The quantitative estimate of drug-likeness (QED) is 0.310. The van der Waals surface area contributed by atoms with E-state index in [-0.39, 0.29) is 6.47 Å². The van der Waals surface area contributed by atoms with Gasteiger partial charge in [0.05, 0.1) is 0 Å². The Morgan fingerprint density at radius 2 is 1.69 bits per heavy atom. The third-order valence-electron chi connectivity index (χ3n) is 4.46. The van der Waals surface area contributed by atoms with Gasteiger partial charge in [-0.25, -0.2) is 0 Å². The van der Waals surface area contributed by atoms with E-state index < -0.39 is 0 Å². The minimum absolute atomic E-state index is 0.250. The number of carboxylic acid groups (broad SMARTS) is 1. The molecule has 29 heavy (non-hydrogen) atoms. The van der Waals surface area contributed by atoms with Gasteiger partial charge in [-0.3, -0.25) is 4.79 Å². The summed E-state index contributed by atoms with van der Waals surface area (Å²) >= 11 is 4.13. The third-order valence-corrected chi connectivity index (χ3v) is 6.97. The van der Waals surface area contributed by atoms with E-state index in [1.165, 1.54) is 49.0 Å². The first kappa shape index (κ1) is 25.8. The minimum atomic E-state index is -0.250. The van der Waals surface area contributed by atoms with Crippen molar-refractivity contribution >= 4 is 56.6 Å². The average molecular weight is 424 g/mol. The highest BCUT2D eigenvalue weighted by atomic mass is 32.2. The van der Waals surface area contributed by atoms with Crippen molar-refractivity contribution in [2.75, 3.05) is 5.75 Å². The molecule has 0 spiro atoms. The number of hydrogen-bond donors (Lipinski definition) is 1. The first-order valence-corrected chi connectivity index (χ1v) is 12.3. The molecule has 0 aliphatic rings. The van der Waals surface area contributed by atoms with Crippen molar-refractivity contribution in [2.24, 2.45) is 0 Å². The molecule has 0 aliphatic carbocycles. The Hall–Kier alpha value is -1.26. The number of benzene rings is 2. The van der Waals surface area contributed by atoms with Gasteiger partial charge in [0.2, 0.25) is 0 Å². The minimum Gasteiger partial charge on any atom is -0.483 e. The number of carbonyl (C=O) groups is 1. The fraction of sp³-hybridized carbons (Fsp3) is 0.435. The van der Waals surface area contributed by atoms with Crippen LogP contribution >= 0.6 is 23.5 Å². The number of thioether (sulfide) groups is 2. The Balaban J connectivity index is 0.00000132. The summed E-state index contributed by atoms with van der Waals surface area (Å²) in [7, 11) is 11.7. The molecule has 6 heteroatoms. The second-order valence-corrected chi connectivity index (χ2v) is 9.22. The largest absolute Gasteiger partial charge is 0.483 e. The van der Waals surface area contributed by atoms with E-state index in [0.717, 1.165) is 16.8 Å². The molecular weight excluding hydrogens is 394 g/mol. The van der Waals surface area contributed by atoms with Crippen LogP contribution in [0.2, 0.25) is 0 Å². The van der Waals surface area contributed by atoms with E-state index in [1.54, 1.807) is 0 Å². The molecule has 0 bridgehead atoms. The summed E-state index contributed by atoms with van der Waals surface area (Å²) in [5, 5.41) is 7.64. The van der Waals surface area contributed by atoms with Gasteiger partial charge in [0.25, 0.3) is 6.47 Å². The summed E-state index contributed by atoms with van der Waals surface area (Å²) < 4.78 is 0. The molecule has 1 atom stereocenters. The van der Waals surface area contributed by atoms with Crippen molar-refractivity contribution < 1.29 is 9.90 Å². The summed E-state index contributed by atoms with van der Waals surface area (Å²) in [5.41, 5.74) is 4.06. The van der Waals surface area contributed by atoms with E-state index >= 15 is 0 Å². The van der Waals surface area contributed by atoms with Crippen molar-refractivity contribution in [3.63, 3.8) is 0 Å². The Kier molecular flexibility index (Phi) is 14.7. The van der Waals surface area contributed by atoms with Gasteiger partial charge < -0.3 is 5.11 Å². The number of unbranched alkanes of at least 4 members (excludes halogenated alkanes) is 2. The molecule has 0 aromatic heterocycles. The summed E-state index contributed by atoms with van der Waals surface area (Å²) in [6.07, 6.45) is 6.60. The van der Waals surface area contributed by atoms with Gasteiger partial charge >= 0.3 is 0 Å². The molecule has 1 unspecified atom stereocenters. The van der Waals surface area contributed by atoms with Gasteiger partial charge in [0.15, 0.2) is 0 Å². The van der Waals surface area contributed by atoms with E-state index in [2.05, 4.69) is 55.1 Å². The lowest BCUT2D eigenvalue weighted by Crippen LogP contribution is -2.25. The lowest BCUT2D eigenvalue weighted by atomic mass is 9.80. The van der Waals surface area contributed by atoms with Crippen LogP contribution in [0.1, 0.15) is 50.2 Å². The smallest absolute Gasteiger partial charge is 0.290 e. The number of rotatable bonds is 12. The topological polar surface area (TPSA) is 37.3 Å². The van der Waals surface area contributed by atoms with Crippen molar-refractivity contribution in [1.82, 2.24) is 0 Å². The first-order valence-electron chi connectivity index (χ1n) is 10.1. The summed E-state index contributed by atoms with van der Waals surface area (Å²) in [4.78, 5) is 8.36. The molecule has 2 nitrogen and oxygen atoms in total. The van der Waals surface area contributed by atoms with Gasteiger partial charge in [-0.05, 0) is 29.7 Å². The third kappa shape index (κ3) is 12.1. The van der Waals surface area contributed by atoms with Crippen molar-refractivity contribution in [1.29, 1.82) is 0 Å². The number of hydrogen-bond acceptors (Lipinski definition) is 3. The zero-order chi connectivity index (χ0) is 21.3. The first-order chi connectivity index (χ1) is 14.1. The maximum absolute atomic E-state index is 8.36. The van der Waals surface area contributed by atoms with Crippen LogP contribution in [0.5, 0.6) is 0 Å². The molecule has 2 aromatic carbocycles. The van der Waals surface area contributed by atoms with Gasteiger partial charge in [0.1, 0.15) is 15.7 Å². The molecule has 152 valence electrons. The Bertz CT molecular complexity index is 684. The fourth-order valence-electron chi connectivity index (χ4n) is 2.84. The molecular formula is C23H30B2O2S2. The van der Waals surface area contributed by atoms with E-state index in [0.29, 0.717) is 10.9 Å². The molecule has 0 heterocycles. The highest BCUT2D eigenvalue weighted by Gasteiger charge is 2.10. The monoisotopic (exact) mass is 424 g/mol. The van der Waals surface area contributed by atoms with Crippen LogP contribution in [-0.2, 0) is 16.3 Å². The zero-order valence-electron chi connectivity index (χ0n) is 17.3. The van der Waals surface area contributed by atoms with Crippen LogP contribution in [-0.4, -0.2) is 38.3 Å². The molecule has 0 aliphatic heterocycles. The van der Waals surface area contributed by atoms with Crippen LogP contribution in [0.3, 0.4) is 0 Å². The van der Waals surface area contributed by atoms with Crippen LogP contribution in [0.4, 0.5) is 0 Å². The van der Waals surface area contributed by atoms with Crippen molar-refractivity contribution in [2.45, 2.75) is 55.8 Å². The van der Waals surface area contributed by atoms with Gasteiger partial charge in [-0.15, -0.1) is 10.9 Å². The van der Waals surface area contributed by atoms with Crippen LogP contribution in [0.15, 0.2) is 48.5 Å². The zero-order valence-corrected chi connectivity index (χ0v) is 18.9. The normalized spacial score (nSPS) is 11.3. The molecule has 0 saturated carbocycles. The van der Waals surface area contributed by atoms with Crippen molar-refractivity contribution in [3.8, 4) is 0 Å². The van der Waals surface area contributed by atoms with E-state index in [1.807, 2.05) is 23.9 Å². The molecule has 2 rings (SSSR count). The van der Waals surface area contributed by atoms with Crippen molar-refractivity contribution in [3.05, 3.63) is 59.7 Å². The maximum Gasteiger partial charge on any atom is 0.290 e. The Morgan fingerprint density at radius 1 is 0.966 bits per heavy atom. The molecule has 4 radical (unpaired) electrons. The molecule has 0 fully saturated rings. The van der Waals surface area contributed by atoms with Gasteiger partial charge in [-0.2, -0.15) is 23.5 Å². The van der Waals surface area contributed by atoms with Crippen LogP contribution in [0.25, 0.3) is 0 Å². The van der Waals surface area contributed by atoms with Crippen LogP contribution in [0, 0.1) is 0 Å². The lowest BCUT2D eigenvalue weighted by Gasteiger charge is -2.16. The van der Waals surface area contributed by atoms with E-state index in [4.69, 9.17) is 25.6 Å². The molecule has 0 saturated heterocycles. The molecule has 0 amide bonds. The highest BCUT2D eigenvalue weighted by molar-refractivity contribution is 7.99. The maximum atomic E-state index is 8.36. The molecule has 1 N–H and O–H groups in total. The standard InChI is InChI=1S/C22H28B2S2.CH2O2/c1-2-3-5-10-20(26-17-18-8-6-4-7-9-18)13-14-25-16-19-11-12-21(23)22(24)15-19;2-1-3/h4,6-9,11-12,15,20H,2-3,5,10,13-14,16-17H2,1H3;1H,(H,2,3). The highest BCUT2D eigenvalue weighted by Crippen LogP contribution is 2.27. The second-order valence-electron chi connectivity index (χ2n) is 6.82. The van der Waals surface area contributed by atoms with E-state index in [9.17, 15) is 0 Å². The second kappa shape index (κ2) is 16.5. The summed E-state index contributed by atoms with van der Waals surface area (Å²) in [5.74, 6) is 3.33. The predicted molar refractivity (Wildman–Crippen MR) is 132 cm³/mol. The summed E-state index contributed by atoms with van der Waals surface area (Å²) in [6.45, 7) is 2.03. The van der Waals surface area contributed by atoms with Crippen LogP contribution < -0.4 is 10.9 Å². The summed E-state index contributed by atoms with van der Waals surface area (Å²) in [6, 6.07) is 16.8. The van der Waals surface area contributed by atoms with Gasteiger partial charge in [0, 0.05) is 16.8 Å². The SMILES string of the molecule is O=CO.[B]c1ccc(CSCCC(CCCCC)SCc2ccccc2)cc1[B]. The van der Waals surface area contributed by atoms with Gasteiger partial charge in [-0.1, -0.05) is 74.7 Å². The molecule has 2 aromatic rings. The average Bonchev–Trinajstić information content (AvgIpc) is 2.73. The Labute approximate surface area is 187 Å². The Morgan fingerprint density at radius 3 is 2.34 bits per heavy atom.